The van der Waals surface area contributed by atoms with Crippen LogP contribution >= 0.6 is 0 Å². The molecule has 0 spiro atoms. The zero-order valence-electron chi connectivity index (χ0n) is 41.9. The second-order valence-electron chi connectivity index (χ2n) is 21.9. The summed E-state index contributed by atoms with van der Waals surface area (Å²) in [5.41, 5.74) is 17.9. The minimum absolute atomic E-state index is 0.104. The van der Waals surface area contributed by atoms with Crippen LogP contribution in [0.3, 0.4) is 0 Å². The number of aromatic hydroxyl groups is 2. The first-order valence-corrected chi connectivity index (χ1v) is 24.2. The van der Waals surface area contributed by atoms with E-state index in [-0.39, 0.29) is 27.7 Å². The van der Waals surface area contributed by atoms with E-state index < -0.39 is 0 Å². The molecule has 0 unspecified atom stereocenters. The van der Waals surface area contributed by atoms with Gasteiger partial charge < -0.3 is 14.6 Å². The van der Waals surface area contributed by atoms with Crippen molar-refractivity contribution >= 4 is 21.9 Å². The molecule has 0 fully saturated rings. The van der Waals surface area contributed by atoms with E-state index in [9.17, 15) is 10.2 Å². The maximum absolute atomic E-state index is 11.9. The number of phenols is 2. The summed E-state index contributed by atoms with van der Waals surface area (Å²) < 4.78 is 6.34. The molecular weight excluding hydrogens is 857 g/mol. The van der Waals surface area contributed by atoms with Gasteiger partial charge in [0.05, 0.1) is 22.8 Å². The molecule has 3 heterocycles. The van der Waals surface area contributed by atoms with Crippen molar-refractivity contribution in [3.05, 3.63) is 192 Å². The summed E-state index contributed by atoms with van der Waals surface area (Å²) >= 11 is 0. The van der Waals surface area contributed by atoms with Gasteiger partial charge in [0, 0.05) is 21.9 Å². The van der Waals surface area contributed by atoms with E-state index in [4.69, 9.17) is 14.4 Å². The van der Waals surface area contributed by atoms with Gasteiger partial charge in [-0.1, -0.05) is 172 Å². The van der Waals surface area contributed by atoms with Gasteiger partial charge in [-0.15, -0.1) is 0 Å². The molecular formula is C65H60N2O3. The maximum atomic E-state index is 11.9. The van der Waals surface area contributed by atoms with E-state index in [0.717, 1.165) is 66.4 Å². The van der Waals surface area contributed by atoms with Crippen molar-refractivity contribution in [2.24, 2.45) is 0 Å². The van der Waals surface area contributed by atoms with Crippen molar-refractivity contribution < 1.29 is 14.6 Å². The summed E-state index contributed by atoms with van der Waals surface area (Å²) in [5, 5.41) is 25.6. The molecule has 0 aliphatic heterocycles. The Morgan fingerprint density at radius 1 is 0.357 bits per heavy atom. The number of hydrogen-bond donors (Lipinski definition) is 2. The normalized spacial score (nSPS) is 12.3. The first-order valence-electron chi connectivity index (χ1n) is 24.2. The Morgan fingerprint density at radius 3 is 1.50 bits per heavy atom. The lowest BCUT2D eigenvalue weighted by atomic mass is 9.78. The minimum atomic E-state index is -0.112. The van der Waals surface area contributed by atoms with Crippen LogP contribution < -0.4 is 0 Å². The van der Waals surface area contributed by atoms with E-state index in [2.05, 4.69) is 172 Å². The fraction of sp³-hybridized carbons (Fsp3) is 0.200. The number of phenolic OH excluding ortho intramolecular Hbond substituents is 2. The summed E-state index contributed by atoms with van der Waals surface area (Å²) in [4.78, 5) is 10.7. The molecule has 3 aromatic heterocycles. The Bertz CT molecular complexity index is 3530. The number of furan rings is 1. The number of pyridine rings is 2. The van der Waals surface area contributed by atoms with Crippen LogP contribution in [0.5, 0.6) is 11.5 Å². The fourth-order valence-corrected chi connectivity index (χ4v) is 9.66. The van der Waals surface area contributed by atoms with Crippen LogP contribution in [0.25, 0.3) is 100 Å². The molecule has 70 heavy (non-hydrogen) atoms. The van der Waals surface area contributed by atoms with Gasteiger partial charge in [0.15, 0.2) is 0 Å². The van der Waals surface area contributed by atoms with Gasteiger partial charge >= 0.3 is 0 Å². The summed E-state index contributed by atoms with van der Waals surface area (Å²) in [6.07, 6.45) is 0. The van der Waals surface area contributed by atoms with E-state index >= 15 is 0 Å². The molecule has 348 valence electrons. The van der Waals surface area contributed by atoms with Gasteiger partial charge in [0.2, 0.25) is 0 Å². The molecule has 10 aromatic rings. The largest absolute Gasteiger partial charge is 0.507 e. The molecule has 0 saturated carbocycles. The third-order valence-corrected chi connectivity index (χ3v) is 13.7. The molecule has 0 saturated heterocycles. The molecule has 5 heteroatoms. The summed E-state index contributed by atoms with van der Waals surface area (Å²) in [7, 11) is 0. The molecule has 0 aliphatic carbocycles. The molecule has 2 N–H and O–H groups in total. The van der Waals surface area contributed by atoms with E-state index in [1.165, 1.54) is 16.7 Å². The van der Waals surface area contributed by atoms with Gasteiger partial charge in [-0.05, 0) is 151 Å². The van der Waals surface area contributed by atoms with Gasteiger partial charge in [-0.3, -0.25) is 0 Å². The zero-order chi connectivity index (χ0) is 49.3. The lowest BCUT2D eigenvalue weighted by Crippen LogP contribution is -2.16. The summed E-state index contributed by atoms with van der Waals surface area (Å²) in [6.45, 7) is 22.3. The summed E-state index contributed by atoms with van der Waals surface area (Å²) in [6, 6.07) is 58.2. The Labute approximate surface area is 412 Å². The van der Waals surface area contributed by atoms with Crippen molar-refractivity contribution in [1.29, 1.82) is 0 Å². The molecule has 7 aromatic carbocycles. The number of aromatic nitrogens is 2. The average molecular weight is 917 g/mol. The highest BCUT2D eigenvalue weighted by molar-refractivity contribution is 6.07. The molecule has 0 radical (unpaired) electrons. The van der Waals surface area contributed by atoms with Gasteiger partial charge in [0.25, 0.3) is 0 Å². The Hall–Kier alpha value is -7.76. The van der Waals surface area contributed by atoms with Crippen LogP contribution in [0, 0.1) is 6.92 Å². The van der Waals surface area contributed by atoms with Crippen molar-refractivity contribution in [2.45, 2.75) is 85.5 Å². The number of hydrogen-bond acceptors (Lipinski definition) is 5. The van der Waals surface area contributed by atoms with Crippen LogP contribution in [-0.4, -0.2) is 20.2 Å². The second kappa shape index (κ2) is 17.3. The third kappa shape index (κ3) is 8.66. The van der Waals surface area contributed by atoms with Crippen molar-refractivity contribution in [2.75, 3.05) is 0 Å². The number of rotatable bonds is 7. The predicted molar refractivity (Wildman–Crippen MR) is 292 cm³/mol. The van der Waals surface area contributed by atoms with Crippen molar-refractivity contribution in [1.82, 2.24) is 9.97 Å². The standard InChI is InChI=1S/C65H60N2O3/c1-39-47(62-49(40-20-13-11-14-21-40)35-46(65(8,9)10)36-50(62)41-22-15-12-16-23-41)28-29-57(68)61(39)54-26-19-25-53(66-54)56-33-43(42-30-44(63(2,3)4)34-45(31-42)64(5,6)7)32-55(67-56)52-38-60-51(37-58(52)69)48-24-17-18-27-59(48)70-60/h11-38,68-69H,1-10H3. The van der Waals surface area contributed by atoms with E-state index in [0.29, 0.717) is 39.5 Å². The highest BCUT2D eigenvalue weighted by atomic mass is 16.3. The highest BCUT2D eigenvalue weighted by Gasteiger charge is 2.26. The first-order chi connectivity index (χ1) is 33.3. The minimum Gasteiger partial charge on any atom is -0.507 e. The van der Waals surface area contributed by atoms with Crippen molar-refractivity contribution in [3.63, 3.8) is 0 Å². The highest BCUT2D eigenvalue weighted by Crippen LogP contribution is 2.48. The smallest absolute Gasteiger partial charge is 0.136 e. The number of benzene rings is 7. The molecule has 0 bridgehead atoms. The Balaban J connectivity index is 1.19. The van der Waals surface area contributed by atoms with Crippen LogP contribution in [0.2, 0.25) is 0 Å². The fourth-order valence-electron chi connectivity index (χ4n) is 9.66. The topological polar surface area (TPSA) is 79.4 Å². The van der Waals surface area contributed by atoms with Crippen LogP contribution in [0.4, 0.5) is 0 Å². The Kier molecular flexibility index (Phi) is 11.4. The number of nitrogens with zero attached hydrogens (tertiary/aromatic N) is 2. The van der Waals surface area contributed by atoms with E-state index in [1.807, 2.05) is 54.6 Å². The monoisotopic (exact) mass is 916 g/mol. The number of fused-ring (bicyclic) bond motifs is 3. The maximum Gasteiger partial charge on any atom is 0.136 e. The lowest BCUT2D eigenvalue weighted by molar-refractivity contribution is 0.476. The number of para-hydroxylation sites is 1. The molecule has 5 nitrogen and oxygen atoms in total. The lowest BCUT2D eigenvalue weighted by Gasteiger charge is -2.26. The summed E-state index contributed by atoms with van der Waals surface area (Å²) in [5.74, 6) is 0.243. The van der Waals surface area contributed by atoms with Crippen LogP contribution in [-0.2, 0) is 16.2 Å². The average Bonchev–Trinajstić information content (AvgIpc) is 3.70. The van der Waals surface area contributed by atoms with Crippen molar-refractivity contribution in [3.8, 4) is 89.9 Å². The van der Waals surface area contributed by atoms with Gasteiger partial charge in [0.1, 0.15) is 22.7 Å². The van der Waals surface area contributed by atoms with Crippen LogP contribution in [0.15, 0.2) is 174 Å². The SMILES string of the molecule is Cc1c(-c2c(-c3ccccc3)cc(C(C)(C)C)cc2-c2ccccc2)ccc(O)c1-c1cccc(-c2cc(-c3cc(C(C)(C)C)cc(C(C)(C)C)c3)cc(-c3cc4oc5ccccc5c4cc3O)n2)n1. The van der Waals surface area contributed by atoms with Crippen LogP contribution in [0.1, 0.15) is 84.6 Å². The molecule has 0 amide bonds. The van der Waals surface area contributed by atoms with Gasteiger partial charge in [-0.25, -0.2) is 9.97 Å². The quantitative estimate of drug-likeness (QED) is 0.166. The molecule has 0 aliphatic rings. The molecule has 0 atom stereocenters. The molecule has 10 rings (SSSR count). The Morgan fingerprint density at radius 2 is 0.886 bits per heavy atom. The van der Waals surface area contributed by atoms with Gasteiger partial charge in [-0.2, -0.15) is 0 Å². The third-order valence-electron chi connectivity index (χ3n) is 13.7. The first kappa shape index (κ1) is 46.0. The second-order valence-corrected chi connectivity index (χ2v) is 21.9. The predicted octanol–water partition coefficient (Wildman–Crippen LogP) is 17.7. The van der Waals surface area contributed by atoms with E-state index in [1.54, 1.807) is 12.1 Å². The zero-order valence-corrected chi connectivity index (χ0v) is 41.9.